The van der Waals surface area contributed by atoms with Crippen LogP contribution in [0.25, 0.3) is 0 Å². The Hall–Kier alpha value is -1.90. The van der Waals surface area contributed by atoms with Crippen molar-refractivity contribution in [3.8, 4) is 0 Å². The lowest BCUT2D eigenvalue weighted by molar-refractivity contribution is 0.319. The number of thioether (sulfide) groups is 1. The highest BCUT2D eigenvalue weighted by Gasteiger charge is 2.00. The van der Waals surface area contributed by atoms with Crippen LogP contribution in [0.15, 0.2) is 25.6 Å². The van der Waals surface area contributed by atoms with Crippen LogP contribution in [0, 0.1) is 0 Å². The molecule has 0 fully saturated rings. The SMILES string of the molecule is CS\C(=N/N=C(C)/C(C)=N/O)N/N=C(C)/C(C)=N/O. The second kappa shape index (κ2) is 9.09. The van der Waals surface area contributed by atoms with Crippen molar-refractivity contribution in [2.75, 3.05) is 6.26 Å². The van der Waals surface area contributed by atoms with Crippen molar-refractivity contribution in [1.82, 2.24) is 5.43 Å². The van der Waals surface area contributed by atoms with Gasteiger partial charge in [-0.3, -0.25) is 5.43 Å². The number of oxime groups is 2. The van der Waals surface area contributed by atoms with Gasteiger partial charge in [0, 0.05) is 0 Å². The zero-order valence-electron chi connectivity index (χ0n) is 11.5. The van der Waals surface area contributed by atoms with Crippen molar-refractivity contribution in [3.05, 3.63) is 0 Å². The van der Waals surface area contributed by atoms with E-state index < -0.39 is 0 Å². The van der Waals surface area contributed by atoms with Gasteiger partial charge in [-0.1, -0.05) is 22.1 Å². The number of hydrazone groups is 1. The average molecular weight is 286 g/mol. The zero-order chi connectivity index (χ0) is 14.8. The fraction of sp³-hybridized carbons (Fsp3) is 0.500. The predicted octanol–water partition coefficient (Wildman–Crippen LogP) is 1.75. The molecule has 0 aromatic heterocycles. The van der Waals surface area contributed by atoms with E-state index in [9.17, 15) is 0 Å². The Labute approximate surface area is 116 Å². The standard InChI is InChI=1S/C10H18N6O2S/c1-6(8(3)15-17)11-13-10(19-5)14-12-7(2)9(4)16-18/h17-18H,1-5H3,(H,13,14)/b11-6+,12-7+,15-8+,16-9+. The summed E-state index contributed by atoms with van der Waals surface area (Å²) in [5.41, 5.74) is 4.49. The van der Waals surface area contributed by atoms with Crippen LogP contribution in [0.5, 0.6) is 0 Å². The van der Waals surface area contributed by atoms with Crippen molar-refractivity contribution in [3.63, 3.8) is 0 Å². The van der Waals surface area contributed by atoms with Crippen LogP contribution in [0.2, 0.25) is 0 Å². The van der Waals surface area contributed by atoms with E-state index in [-0.39, 0.29) is 0 Å². The first-order valence-electron chi connectivity index (χ1n) is 5.30. The van der Waals surface area contributed by atoms with Crippen LogP contribution in [-0.4, -0.2) is 44.7 Å². The van der Waals surface area contributed by atoms with Gasteiger partial charge in [-0.15, -0.1) is 5.10 Å². The Balaban J connectivity index is 4.87. The van der Waals surface area contributed by atoms with Crippen molar-refractivity contribution in [2.24, 2.45) is 25.6 Å². The normalized spacial score (nSPS) is 15.7. The molecule has 3 N–H and O–H groups in total. The summed E-state index contributed by atoms with van der Waals surface area (Å²) in [6, 6.07) is 0. The highest BCUT2D eigenvalue weighted by atomic mass is 32.2. The fourth-order valence-corrected chi connectivity index (χ4v) is 0.918. The molecule has 106 valence electrons. The lowest BCUT2D eigenvalue weighted by Gasteiger charge is -2.02. The molecule has 0 aliphatic rings. The van der Waals surface area contributed by atoms with Crippen LogP contribution in [0.1, 0.15) is 27.7 Å². The lowest BCUT2D eigenvalue weighted by Crippen LogP contribution is -2.18. The summed E-state index contributed by atoms with van der Waals surface area (Å²) in [5, 5.41) is 35.4. The topological polar surface area (TPSA) is 114 Å². The van der Waals surface area contributed by atoms with Gasteiger partial charge < -0.3 is 10.4 Å². The Bertz CT molecular complexity index is 453. The van der Waals surface area contributed by atoms with Gasteiger partial charge >= 0.3 is 0 Å². The Morgan fingerprint density at radius 3 is 1.84 bits per heavy atom. The maximum atomic E-state index is 8.58. The molecule has 0 saturated heterocycles. The van der Waals surface area contributed by atoms with Gasteiger partial charge in [-0.2, -0.15) is 10.2 Å². The molecular formula is C10H18N6O2S. The molecular weight excluding hydrogens is 268 g/mol. The summed E-state index contributed by atoms with van der Waals surface area (Å²) in [6.45, 7) is 6.61. The molecule has 0 atom stereocenters. The van der Waals surface area contributed by atoms with Crippen molar-refractivity contribution in [2.45, 2.75) is 27.7 Å². The predicted molar refractivity (Wildman–Crippen MR) is 80.1 cm³/mol. The minimum atomic E-state index is 0.382. The van der Waals surface area contributed by atoms with Crippen molar-refractivity contribution >= 4 is 39.8 Å². The summed E-state index contributed by atoms with van der Waals surface area (Å²) in [6.07, 6.45) is 1.81. The van der Waals surface area contributed by atoms with Gasteiger partial charge in [0.2, 0.25) is 5.17 Å². The Kier molecular flexibility index (Phi) is 8.18. The molecule has 8 nitrogen and oxygen atoms in total. The molecule has 0 aromatic rings. The van der Waals surface area contributed by atoms with Crippen molar-refractivity contribution in [1.29, 1.82) is 0 Å². The molecule has 0 heterocycles. The first-order valence-corrected chi connectivity index (χ1v) is 6.53. The maximum Gasteiger partial charge on any atom is 0.203 e. The van der Waals surface area contributed by atoms with Crippen LogP contribution < -0.4 is 5.43 Å². The van der Waals surface area contributed by atoms with Gasteiger partial charge in [-0.05, 0) is 34.0 Å². The van der Waals surface area contributed by atoms with Gasteiger partial charge in [0.05, 0.1) is 22.8 Å². The van der Waals surface area contributed by atoms with E-state index in [4.69, 9.17) is 10.4 Å². The fourth-order valence-electron chi connectivity index (χ4n) is 0.659. The van der Waals surface area contributed by atoms with Gasteiger partial charge in [-0.25, -0.2) is 0 Å². The van der Waals surface area contributed by atoms with Crippen LogP contribution in [0.4, 0.5) is 0 Å². The van der Waals surface area contributed by atoms with E-state index in [1.807, 2.05) is 6.26 Å². The summed E-state index contributed by atoms with van der Waals surface area (Å²) in [7, 11) is 0. The molecule has 0 aliphatic heterocycles. The highest BCUT2D eigenvalue weighted by molar-refractivity contribution is 8.13. The summed E-state index contributed by atoms with van der Waals surface area (Å²) in [5.74, 6) is 0. The number of hydrogen-bond acceptors (Lipinski definition) is 8. The van der Waals surface area contributed by atoms with Crippen molar-refractivity contribution < 1.29 is 10.4 Å². The van der Waals surface area contributed by atoms with Gasteiger partial charge in [0.1, 0.15) is 0 Å². The van der Waals surface area contributed by atoms with E-state index in [0.717, 1.165) is 0 Å². The molecule has 0 radical (unpaired) electrons. The third-order valence-electron chi connectivity index (χ3n) is 2.15. The third kappa shape index (κ3) is 6.55. The second-order valence-corrected chi connectivity index (χ2v) is 4.27. The number of nitrogens with zero attached hydrogens (tertiary/aromatic N) is 5. The molecule has 0 aliphatic carbocycles. The third-order valence-corrected chi connectivity index (χ3v) is 2.71. The molecule has 0 spiro atoms. The van der Waals surface area contributed by atoms with E-state index in [0.29, 0.717) is 28.0 Å². The molecule has 0 bridgehead atoms. The number of amidine groups is 1. The molecule has 19 heavy (non-hydrogen) atoms. The Morgan fingerprint density at radius 1 is 0.842 bits per heavy atom. The Morgan fingerprint density at radius 2 is 1.37 bits per heavy atom. The number of hydrogen-bond donors (Lipinski definition) is 3. The molecule has 0 unspecified atom stereocenters. The molecule has 0 aromatic carbocycles. The molecule has 9 heteroatoms. The number of rotatable bonds is 4. The maximum absolute atomic E-state index is 8.58. The lowest BCUT2D eigenvalue weighted by atomic mass is 10.3. The van der Waals surface area contributed by atoms with E-state index in [1.54, 1.807) is 27.7 Å². The monoisotopic (exact) mass is 286 g/mol. The summed E-state index contributed by atoms with van der Waals surface area (Å²) >= 11 is 1.31. The molecule has 0 saturated carbocycles. The second-order valence-electron chi connectivity index (χ2n) is 3.47. The highest BCUT2D eigenvalue weighted by Crippen LogP contribution is 1.97. The van der Waals surface area contributed by atoms with Crippen LogP contribution in [0.3, 0.4) is 0 Å². The molecule has 0 amide bonds. The van der Waals surface area contributed by atoms with E-state index >= 15 is 0 Å². The van der Waals surface area contributed by atoms with E-state index in [2.05, 4.69) is 31.0 Å². The van der Waals surface area contributed by atoms with E-state index in [1.165, 1.54) is 11.8 Å². The molecule has 0 rings (SSSR count). The van der Waals surface area contributed by atoms with Crippen LogP contribution in [-0.2, 0) is 0 Å². The summed E-state index contributed by atoms with van der Waals surface area (Å²) < 4.78 is 0. The smallest absolute Gasteiger partial charge is 0.203 e. The van der Waals surface area contributed by atoms with Gasteiger partial charge in [0.15, 0.2) is 0 Å². The van der Waals surface area contributed by atoms with Crippen LogP contribution >= 0.6 is 11.8 Å². The number of nitrogens with one attached hydrogen (secondary N) is 1. The minimum absolute atomic E-state index is 0.382. The summed E-state index contributed by atoms with van der Waals surface area (Å²) in [4.78, 5) is 0. The first kappa shape index (κ1) is 17.1. The minimum Gasteiger partial charge on any atom is -0.411 e. The quantitative estimate of drug-likeness (QED) is 0.316. The van der Waals surface area contributed by atoms with Gasteiger partial charge in [0.25, 0.3) is 0 Å². The zero-order valence-corrected chi connectivity index (χ0v) is 12.4. The first-order chi connectivity index (χ1) is 8.96. The largest absolute Gasteiger partial charge is 0.411 e. The average Bonchev–Trinajstić information content (AvgIpc) is 2.44.